The quantitative estimate of drug-likeness (QED) is 0.241. The van der Waals surface area contributed by atoms with E-state index < -0.39 is 5.60 Å². The van der Waals surface area contributed by atoms with Crippen molar-refractivity contribution in [2.75, 3.05) is 0 Å². The van der Waals surface area contributed by atoms with Crippen molar-refractivity contribution in [2.24, 2.45) is 23.7 Å². The van der Waals surface area contributed by atoms with Gasteiger partial charge in [0.1, 0.15) is 0 Å². The number of hydrogen-bond acceptors (Lipinski definition) is 2. The molecule has 2 rings (SSSR count). The van der Waals surface area contributed by atoms with E-state index in [9.17, 15) is 10.2 Å². The number of allylic oxidation sites excluding steroid dienone is 7. The predicted octanol–water partition coefficient (Wildman–Crippen LogP) is 7.70. The Morgan fingerprint density at radius 1 is 1.19 bits per heavy atom. The Hall–Kier alpha value is -1.38. The molecule has 180 valence electrons. The van der Waals surface area contributed by atoms with E-state index in [0.717, 1.165) is 49.9 Å². The first-order chi connectivity index (χ1) is 15.3. The van der Waals surface area contributed by atoms with E-state index in [1.165, 1.54) is 37.7 Å². The maximum atomic E-state index is 10.4. The summed E-state index contributed by atoms with van der Waals surface area (Å²) >= 11 is 0. The second-order valence-corrected chi connectivity index (χ2v) is 10.4. The molecule has 0 heterocycles. The average molecular weight is 441 g/mol. The SMILES string of the molecule is C=CC(C)CC(O)C/C(C)=C/C=C1\CCCC2C(C/C=C/C=C/C(O)(CC)CC)CCC12. The highest BCUT2D eigenvalue weighted by Gasteiger charge is 2.38. The van der Waals surface area contributed by atoms with E-state index in [0.29, 0.717) is 5.92 Å². The Balaban J connectivity index is 1.90. The average Bonchev–Trinajstić information content (AvgIpc) is 3.20. The van der Waals surface area contributed by atoms with Gasteiger partial charge in [-0.1, -0.05) is 74.4 Å². The number of aliphatic hydroxyl groups is 2. The molecule has 2 saturated carbocycles. The van der Waals surface area contributed by atoms with Gasteiger partial charge in [0.15, 0.2) is 0 Å². The fraction of sp³-hybridized carbons (Fsp3) is 0.667. The summed E-state index contributed by atoms with van der Waals surface area (Å²) in [5, 5.41) is 20.7. The van der Waals surface area contributed by atoms with Gasteiger partial charge >= 0.3 is 0 Å². The first-order valence-electron chi connectivity index (χ1n) is 13.0. The zero-order valence-corrected chi connectivity index (χ0v) is 21.1. The molecule has 5 atom stereocenters. The third-order valence-electron chi connectivity index (χ3n) is 7.95. The minimum atomic E-state index is -0.655. The van der Waals surface area contributed by atoms with Gasteiger partial charge in [-0.25, -0.2) is 0 Å². The molecule has 5 unspecified atom stereocenters. The third-order valence-corrected chi connectivity index (χ3v) is 7.95. The molecule has 2 heteroatoms. The van der Waals surface area contributed by atoms with Crippen molar-refractivity contribution in [1.29, 1.82) is 0 Å². The predicted molar refractivity (Wildman–Crippen MR) is 138 cm³/mol. The van der Waals surface area contributed by atoms with Crippen LogP contribution in [0.5, 0.6) is 0 Å². The number of fused-ring (bicyclic) bond motifs is 1. The van der Waals surface area contributed by atoms with Crippen LogP contribution < -0.4 is 0 Å². The van der Waals surface area contributed by atoms with Crippen LogP contribution in [0, 0.1) is 23.7 Å². The molecule has 2 fully saturated rings. The molecule has 0 amide bonds. The largest absolute Gasteiger partial charge is 0.393 e. The minimum absolute atomic E-state index is 0.279. The van der Waals surface area contributed by atoms with E-state index in [2.05, 4.69) is 44.7 Å². The van der Waals surface area contributed by atoms with Crippen molar-refractivity contribution in [3.8, 4) is 0 Å². The lowest BCUT2D eigenvalue weighted by atomic mass is 9.74. The van der Waals surface area contributed by atoms with Gasteiger partial charge in [0, 0.05) is 0 Å². The lowest BCUT2D eigenvalue weighted by molar-refractivity contribution is 0.0828. The molecule has 0 saturated heterocycles. The Labute approximate surface area is 197 Å². The van der Waals surface area contributed by atoms with Crippen LogP contribution >= 0.6 is 0 Å². The standard InChI is InChI=1S/C30H48O2/c1-6-23(4)21-27(31)22-24(5)16-17-26-14-12-15-28-25(18-19-29(26)28)13-10-9-11-20-30(32,7-2)8-3/h6,9-11,16-17,20,23,25,27-29,31-32H,1,7-8,12-15,18-19,21-22H2,2-5H3/b10-9+,20-11+,24-16+,26-17+. The van der Waals surface area contributed by atoms with Crippen LogP contribution in [-0.2, 0) is 0 Å². The topological polar surface area (TPSA) is 40.5 Å². The van der Waals surface area contributed by atoms with Gasteiger partial charge in [0.05, 0.1) is 11.7 Å². The van der Waals surface area contributed by atoms with Crippen LogP contribution in [0.15, 0.2) is 60.3 Å². The fourth-order valence-electron chi connectivity index (χ4n) is 5.62. The van der Waals surface area contributed by atoms with Crippen molar-refractivity contribution in [1.82, 2.24) is 0 Å². The molecule has 0 aromatic rings. The Morgan fingerprint density at radius 2 is 1.94 bits per heavy atom. The van der Waals surface area contributed by atoms with Crippen LogP contribution in [0.2, 0.25) is 0 Å². The van der Waals surface area contributed by atoms with Crippen molar-refractivity contribution < 1.29 is 10.2 Å². The summed E-state index contributed by atoms with van der Waals surface area (Å²) in [6, 6.07) is 0. The highest BCUT2D eigenvalue weighted by molar-refractivity contribution is 5.23. The second kappa shape index (κ2) is 13.4. The number of aliphatic hydroxyl groups excluding tert-OH is 1. The van der Waals surface area contributed by atoms with Crippen LogP contribution in [0.3, 0.4) is 0 Å². The van der Waals surface area contributed by atoms with Crippen LogP contribution in [-0.4, -0.2) is 21.9 Å². The summed E-state index contributed by atoms with van der Waals surface area (Å²) < 4.78 is 0. The molecule has 0 aromatic carbocycles. The zero-order valence-electron chi connectivity index (χ0n) is 21.1. The van der Waals surface area contributed by atoms with Gasteiger partial charge in [-0.05, 0) is 94.8 Å². The molecule has 0 bridgehead atoms. The van der Waals surface area contributed by atoms with Crippen LogP contribution in [0.1, 0.15) is 91.9 Å². The maximum absolute atomic E-state index is 10.4. The first kappa shape index (κ1) is 26.9. The molecular formula is C30H48O2. The fourth-order valence-corrected chi connectivity index (χ4v) is 5.62. The van der Waals surface area contributed by atoms with Crippen molar-refractivity contribution in [3.63, 3.8) is 0 Å². The van der Waals surface area contributed by atoms with E-state index in [4.69, 9.17) is 0 Å². The van der Waals surface area contributed by atoms with Crippen LogP contribution in [0.4, 0.5) is 0 Å². The highest BCUT2D eigenvalue weighted by Crippen LogP contribution is 2.49. The maximum Gasteiger partial charge on any atom is 0.0825 e. The summed E-state index contributed by atoms with van der Waals surface area (Å²) in [6.45, 7) is 12.1. The monoisotopic (exact) mass is 440 g/mol. The second-order valence-electron chi connectivity index (χ2n) is 10.4. The molecule has 2 aliphatic rings. The highest BCUT2D eigenvalue weighted by atomic mass is 16.3. The molecule has 0 aliphatic heterocycles. The van der Waals surface area contributed by atoms with Gasteiger partial charge in [0.25, 0.3) is 0 Å². The minimum Gasteiger partial charge on any atom is -0.393 e. The smallest absolute Gasteiger partial charge is 0.0825 e. The Morgan fingerprint density at radius 3 is 2.62 bits per heavy atom. The van der Waals surface area contributed by atoms with Crippen molar-refractivity contribution >= 4 is 0 Å². The summed E-state index contributed by atoms with van der Waals surface area (Å²) in [6.07, 6.45) is 25.5. The number of rotatable bonds is 12. The summed E-state index contributed by atoms with van der Waals surface area (Å²) in [5.41, 5.74) is 2.25. The van der Waals surface area contributed by atoms with Gasteiger partial charge in [0.2, 0.25) is 0 Å². The Kier molecular flexibility index (Phi) is 11.2. The van der Waals surface area contributed by atoms with Gasteiger partial charge in [-0.3, -0.25) is 0 Å². The first-order valence-corrected chi connectivity index (χ1v) is 13.0. The van der Waals surface area contributed by atoms with Crippen molar-refractivity contribution in [2.45, 2.75) is 104 Å². The number of hydrogen-bond donors (Lipinski definition) is 2. The van der Waals surface area contributed by atoms with Gasteiger partial charge in [-0.2, -0.15) is 0 Å². The van der Waals surface area contributed by atoms with Crippen LogP contribution in [0.25, 0.3) is 0 Å². The summed E-state index contributed by atoms with van der Waals surface area (Å²) in [4.78, 5) is 0. The molecule has 2 nitrogen and oxygen atoms in total. The molecule has 32 heavy (non-hydrogen) atoms. The van der Waals surface area contributed by atoms with Gasteiger partial charge in [-0.15, -0.1) is 6.58 Å². The third kappa shape index (κ3) is 8.19. The molecule has 0 spiro atoms. The van der Waals surface area contributed by atoms with E-state index in [1.54, 1.807) is 5.57 Å². The van der Waals surface area contributed by atoms with E-state index >= 15 is 0 Å². The van der Waals surface area contributed by atoms with Crippen molar-refractivity contribution in [3.05, 3.63) is 60.3 Å². The molecule has 2 N–H and O–H groups in total. The molecule has 2 aliphatic carbocycles. The zero-order chi connectivity index (χ0) is 23.6. The van der Waals surface area contributed by atoms with Gasteiger partial charge < -0.3 is 10.2 Å². The van der Waals surface area contributed by atoms with E-state index in [-0.39, 0.29) is 6.10 Å². The lowest BCUT2D eigenvalue weighted by Gasteiger charge is -2.31. The Bertz CT molecular complexity index is 692. The van der Waals surface area contributed by atoms with E-state index in [1.807, 2.05) is 32.1 Å². The molecule has 0 aromatic heterocycles. The summed E-state index contributed by atoms with van der Waals surface area (Å²) in [5.74, 6) is 2.72. The lowest BCUT2D eigenvalue weighted by Crippen LogP contribution is -2.22. The molecule has 0 radical (unpaired) electrons. The summed E-state index contributed by atoms with van der Waals surface area (Å²) in [7, 11) is 0. The normalized spacial score (nSPS) is 27.9. The molecular weight excluding hydrogens is 392 g/mol.